The van der Waals surface area contributed by atoms with Gasteiger partial charge in [-0.3, -0.25) is 16.0 Å². The van der Waals surface area contributed by atoms with Gasteiger partial charge in [0.2, 0.25) is 0 Å². The summed E-state index contributed by atoms with van der Waals surface area (Å²) in [5, 5.41) is 18.5. The van der Waals surface area contributed by atoms with E-state index in [9.17, 15) is 0 Å². The number of rotatable bonds is 5. The molecule has 57 heavy (non-hydrogen) atoms. The van der Waals surface area contributed by atoms with Gasteiger partial charge in [-0.25, -0.2) is 0 Å². The van der Waals surface area contributed by atoms with Gasteiger partial charge in [-0.1, -0.05) is 121 Å². The Morgan fingerprint density at radius 1 is 0.491 bits per heavy atom. The predicted octanol–water partition coefficient (Wildman–Crippen LogP) is 12.3. The van der Waals surface area contributed by atoms with Gasteiger partial charge in [0.1, 0.15) is 22.3 Å². The Morgan fingerprint density at radius 2 is 1.16 bits per heavy atom. The summed E-state index contributed by atoms with van der Waals surface area (Å²) in [5.74, 6) is 0. The Hall–Kier alpha value is -6.70. The van der Waals surface area contributed by atoms with E-state index in [0.717, 1.165) is 79.1 Å². The number of para-hydroxylation sites is 2. The Kier molecular flexibility index (Phi) is 7.38. The van der Waals surface area contributed by atoms with Crippen molar-refractivity contribution in [3.05, 3.63) is 187 Å². The summed E-state index contributed by atoms with van der Waals surface area (Å²) in [5.41, 5.74) is 12.7. The van der Waals surface area contributed by atoms with E-state index >= 15 is 0 Å². The number of nitrogens with one attached hydrogen (secondary N) is 3. The first-order valence-corrected chi connectivity index (χ1v) is 19.8. The van der Waals surface area contributed by atoms with Crippen LogP contribution in [0, 0.1) is 0 Å². The molecule has 274 valence electrons. The molecule has 0 saturated carbocycles. The Bertz CT molecular complexity index is 3200. The summed E-state index contributed by atoms with van der Waals surface area (Å²) in [6.45, 7) is 0. The molecule has 12 rings (SSSR count). The van der Waals surface area contributed by atoms with Crippen molar-refractivity contribution in [2.45, 2.75) is 31.3 Å². The van der Waals surface area contributed by atoms with Crippen molar-refractivity contribution >= 4 is 65.7 Å². The molecule has 0 spiro atoms. The maximum Gasteiger partial charge on any atom is 0.137 e. The number of benzene rings is 7. The quantitative estimate of drug-likeness (QED) is 0.164. The van der Waals surface area contributed by atoms with Gasteiger partial charge >= 0.3 is 0 Å². The van der Waals surface area contributed by atoms with Crippen LogP contribution in [0.4, 0.5) is 0 Å². The molecule has 10 aromatic rings. The number of nitrogens with zero attached hydrogens (tertiary/aromatic N) is 1. The highest BCUT2D eigenvalue weighted by Crippen LogP contribution is 2.44. The second kappa shape index (κ2) is 12.9. The van der Waals surface area contributed by atoms with E-state index in [0.29, 0.717) is 0 Å². The zero-order chi connectivity index (χ0) is 37.5. The fraction of sp³-hybridized carbons (Fsp3) is 0.0980. The molecule has 2 aliphatic rings. The highest BCUT2D eigenvalue weighted by atomic mass is 16.3. The first kappa shape index (κ1) is 32.5. The topological polar surface area (TPSA) is 67.3 Å². The number of furan rings is 2. The van der Waals surface area contributed by atoms with E-state index in [1.807, 2.05) is 0 Å². The van der Waals surface area contributed by atoms with Crippen molar-refractivity contribution in [3.8, 4) is 16.8 Å². The van der Waals surface area contributed by atoms with E-state index in [-0.39, 0.29) is 18.5 Å². The lowest BCUT2D eigenvalue weighted by Crippen LogP contribution is -2.59. The van der Waals surface area contributed by atoms with Crippen LogP contribution >= 0.6 is 0 Å². The minimum absolute atomic E-state index is 0.0299. The van der Waals surface area contributed by atoms with Crippen LogP contribution in [0.1, 0.15) is 36.3 Å². The second-order valence-electron chi connectivity index (χ2n) is 15.2. The number of hydrogen-bond donors (Lipinski definition) is 3. The summed E-state index contributed by atoms with van der Waals surface area (Å²) < 4.78 is 15.7. The van der Waals surface area contributed by atoms with Gasteiger partial charge in [-0.05, 0) is 89.2 Å². The second-order valence-corrected chi connectivity index (χ2v) is 15.2. The number of aromatic nitrogens is 1. The summed E-state index contributed by atoms with van der Waals surface area (Å²) in [7, 11) is 0. The number of allylic oxidation sites excluding steroid dienone is 2. The molecule has 0 bridgehead atoms. The Morgan fingerprint density at radius 3 is 1.95 bits per heavy atom. The van der Waals surface area contributed by atoms with Gasteiger partial charge in [0.25, 0.3) is 0 Å². The lowest BCUT2D eigenvalue weighted by molar-refractivity contribution is 0.225. The van der Waals surface area contributed by atoms with E-state index in [2.05, 4.69) is 190 Å². The van der Waals surface area contributed by atoms with Gasteiger partial charge < -0.3 is 13.4 Å². The lowest BCUT2D eigenvalue weighted by Gasteiger charge is -2.40. The van der Waals surface area contributed by atoms with Crippen LogP contribution in [0.2, 0.25) is 0 Å². The molecular formula is C51H38N4O2. The van der Waals surface area contributed by atoms with E-state index in [4.69, 9.17) is 8.83 Å². The summed E-state index contributed by atoms with van der Waals surface area (Å²) in [6, 6.07) is 53.8. The largest absolute Gasteiger partial charge is 0.456 e. The number of hydrogen-bond acceptors (Lipinski definition) is 5. The van der Waals surface area contributed by atoms with Crippen molar-refractivity contribution in [3.63, 3.8) is 0 Å². The van der Waals surface area contributed by atoms with Crippen molar-refractivity contribution in [1.82, 2.24) is 20.5 Å². The fourth-order valence-electron chi connectivity index (χ4n) is 9.42. The van der Waals surface area contributed by atoms with Crippen LogP contribution in [-0.2, 0) is 0 Å². The summed E-state index contributed by atoms with van der Waals surface area (Å²) in [6.07, 6.45) is 8.76. The third-order valence-corrected chi connectivity index (χ3v) is 12.0. The minimum atomic E-state index is -0.152. The van der Waals surface area contributed by atoms with Crippen LogP contribution in [-0.4, -0.2) is 10.7 Å². The maximum absolute atomic E-state index is 6.66. The molecule has 3 atom stereocenters. The molecule has 0 amide bonds. The normalized spacial score (nSPS) is 18.7. The minimum Gasteiger partial charge on any atom is -0.456 e. The van der Waals surface area contributed by atoms with Crippen LogP contribution < -0.4 is 16.0 Å². The third-order valence-electron chi connectivity index (χ3n) is 12.0. The van der Waals surface area contributed by atoms with Crippen molar-refractivity contribution in [2.75, 3.05) is 0 Å². The number of fused-ring (bicyclic) bond motifs is 9. The smallest absolute Gasteiger partial charge is 0.137 e. The molecule has 1 aliphatic carbocycles. The van der Waals surface area contributed by atoms with E-state index < -0.39 is 0 Å². The predicted molar refractivity (Wildman–Crippen MR) is 232 cm³/mol. The van der Waals surface area contributed by atoms with Gasteiger partial charge in [0.15, 0.2) is 0 Å². The van der Waals surface area contributed by atoms with E-state index in [1.54, 1.807) is 0 Å². The van der Waals surface area contributed by atoms with Gasteiger partial charge in [0, 0.05) is 26.9 Å². The molecule has 0 radical (unpaired) electrons. The molecule has 1 saturated heterocycles. The molecule has 6 heteroatoms. The molecule has 1 aliphatic heterocycles. The average molecular weight is 739 g/mol. The SMILES string of the molecule is C1=CC(C2NC(c3ccccc3)NC(c3cccc4oc5ccc(-c6cccc7oc8cccc(-n9c%10ccccc%10c%10ccccc%109)c8c67)cc5c34)N2)=CCC1. The Balaban J connectivity index is 1.04. The molecule has 3 aromatic heterocycles. The third kappa shape index (κ3) is 5.15. The molecular weight excluding hydrogens is 701 g/mol. The van der Waals surface area contributed by atoms with Crippen LogP contribution in [0.5, 0.6) is 0 Å². The standard InChI is InChI=1S/C51H38N4O2/c1-3-14-31(15-4-1)49-52-50(32-16-5-2-6-17-32)54-51(53-49)37-21-12-25-43-46(37)38-30-33(28-29-42(38)56-43)34-20-11-26-44-47(34)48-41(24-13-27-45(48)57-44)55-39-22-9-7-18-35(39)36-19-8-10-23-40(36)55/h1,3-5,7-30,49-54H,2,6H2. The zero-order valence-corrected chi connectivity index (χ0v) is 31.1. The zero-order valence-electron chi connectivity index (χ0n) is 31.1. The average Bonchev–Trinajstić information content (AvgIpc) is 3.96. The molecule has 1 fully saturated rings. The lowest BCUT2D eigenvalue weighted by atomic mass is 9.95. The molecule has 4 heterocycles. The summed E-state index contributed by atoms with van der Waals surface area (Å²) in [4.78, 5) is 0. The maximum atomic E-state index is 6.66. The molecule has 3 unspecified atom stereocenters. The molecule has 7 aromatic carbocycles. The van der Waals surface area contributed by atoms with Gasteiger partial charge in [-0.2, -0.15) is 0 Å². The highest BCUT2D eigenvalue weighted by molar-refractivity contribution is 6.19. The van der Waals surface area contributed by atoms with Gasteiger partial charge in [0.05, 0.1) is 40.6 Å². The first-order valence-electron chi connectivity index (χ1n) is 19.8. The monoisotopic (exact) mass is 738 g/mol. The highest BCUT2D eigenvalue weighted by Gasteiger charge is 2.32. The van der Waals surface area contributed by atoms with Gasteiger partial charge in [-0.15, -0.1) is 0 Å². The van der Waals surface area contributed by atoms with Crippen LogP contribution in [0.15, 0.2) is 184 Å². The van der Waals surface area contributed by atoms with Crippen molar-refractivity contribution in [1.29, 1.82) is 0 Å². The van der Waals surface area contributed by atoms with Crippen molar-refractivity contribution in [2.24, 2.45) is 0 Å². The molecule has 6 nitrogen and oxygen atoms in total. The van der Waals surface area contributed by atoms with E-state index in [1.165, 1.54) is 32.9 Å². The Labute approximate surface area is 328 Å². The first-order chi connectivity index (χ1) is 28.3. The fourth-order valence-corrected chi connectivity index (χ4v) is 9.42. The van der Waals surface area contributed by atoms with Crippen LogP contribution in [0.3, 0.4) is 0 Å². The van der Waals surface area contributed by atoms with Crippen molar-refractivity contribution < 1.29 is 8.83 Å². The summed E-state index contributed by atoms with van der Waals surface area (Å²) >= 11 is 0. The molecule has 3 N–H and O–H groups in total. The van der Waals surface area contributed by atoms with Crippen LogP contribution in [0.25, 0.3) is 82.5 Å².